The number of methoxy groups -OCH3 is 3. The van der Waals surface area contributed by atoms with Crippen molar-refractivity contribution < 1.29 is 19.0 Å². The van der Waals surface area contributed by atoms with Crippen LogP contribution in [0, 0.1) is 0 Å². The Morgan fingerprint density at radius 3 is 2.31 bits per heavy atom. The summed E-state index contributed by atoms with van der Waals surface area (Å²) in [5.74, 6) is 1.42. The number of ether oxygens (including phenoxy) is 3. The lowest BCUT2D eigenvalue weighted by molar-refractivity contribution is -0.111. The number of nitrogens with zero attached hydrogens (tertiary/aromatic N) is 1. The SMILES string of the molecule is COc1cc(/C=C/C(=O)Nc2ccccc2CN(C)C2CCCCC2)cc(OC)c1OC. The maximum absolute atomic E-state index is 12.7. The minimum absolute atomic E-state index is 0.188. The topological polar surface area (TPSA) is 60.0 Å². The predicted molar refractivity (Wildman–Crippen MR) is 129 cm³/mol. The van der Waals surface area contributed by atoms with Crippen molar-refractivity contribution in [1.29, 1.82) is 0 Å². The van der Waals surface area contributed by atoms with Gasteiger partial charge in [-0.25, -0.2) is 0 Å². The van der Waals surface area contributed by atoms with Crippen LogP contribution in [-0.2, 0) is 11.3 Å². The Kier molecular flexibility index (Phi) is 8.56. The van der Waals surface area contributed by atoms with E-state index in [0.717, 1.165) is 23.4 Å². The van der Waals surface area contributed by atoms with Crippen LogP contribution in [0.3, 0.4) is 0 Å². The third kappa shape index (κ3) is 6.04. The third-order valence-electron chi connectivity index (χ3n) is 6.01. The lowest BCUT2D eigenvalue weighted by atomic mass is 9.94. The summed E-state index contributed by atoms with van der Waals surface area (Å²) >= 11 is 0. The monoisotopic (exact) mass is 438 g/mol. The van der Waals surface area contributed by atoms with Crippen LogP contribution in [0.25, 0.3) is 6.08 Å². The summed E-state index contributed by atoms with van der Waals surface area (Å²) in [6.45, 7) is 0.817. The van der Waals surface area contributed by atoms with Crippen molar-refractivity contribution in [3.63, 3.8) is 0 Å². The van der Waals surface area contributed by atoms with Crippen molar-refractivity contribution in [3.8, 4) is 17.2 Å². The van der Waals surface area contributed by atoms with Gasteiger partial charge in [0.25, 0.3) is 0 Å². The summed E-state index contributed by atoms with van der Waals surface area (Å²) in [7, 11) is 6.88. The van der Waals surface area contributed by atoms with Gasteiger partial charge in [-0.3, -0.25) is 9.69 Å². The lowest BCUT2D eigenvalue weighted by Gasteiger charge is -2.31. The molecule has 0 atom stereocenters. The zero-order valence-electron chi connectivity index (χ0n) is 19.5. The molecule has 2 aromatic carbocycles. The van der Waals surface area contributed by atoms with E-state index in [2.05, 4.69) is 23.3 Å². The minimum atomic E-state index is -0.188. The first-order valence-electron chi connectivity index (χ1n) is 11.1. The fraction of sp³-hybridized carbons (Fsp3) is 0.423. The van der Waals surface area contributed by atoms with Crippen LogP contribution in [0.15, 0.2) is 42.5 Å². The molecule has 0 aliphatic heterocycles. The van der Waals surface area contributed by atoms with Gasteiger partial charge >= 0.3 is 0 Å². The summed E-state index contributed by atoms with van der Waals surface area (Å²) in [4.78, 5) is 15.1. The highest BCUT2D eigenvalue weighted by Gasteiger charge is 2.19. The van der Waals surface area contributed by atoms with Gasteiger partial charge < -0.3 is 19.5 Å². The predicted octanol–water partition coefficient (Wildman–Crippen LogP) is 5.13. The van der Waals surface area contributed by atoms with Crippen LogP contribution >= 0.6 is 0 Å². The number of amides is 1. The third-order valence-corrected chi connectivity index (χ3v) is 6.01. The van der Waals surface area contributed by atoms with E-state index in [1.807, 2.05) is 18.2 Å². The first kappa shape index (κ1) is 23.7. The number of carbonyl (C=O) groups is 1. The van der Waals surface area contributed by atoms with Gasteiger partial charge in [-0.05, 0) is 55.3 Å². The van der Waals surface area contributed by atoms with E-state index in [9.17, 15) is 4.79 Å². The molecule has 0 bridgehead atoms. The van der Waals surface area contributed by atoms with Gasteiger partial charge in [0.15, 0.2) is 11.5 Å². The molecule has 1 aliphatic carbocycles. The molecule has 6 nitrogen and oxygen atoms in total. The molecule has 2 aromatic rings. The quantitative estimate of drug-likeness (QED) is 0.550. The van der Waals surface area contributed by atoms with Gasteiger partial charge in [0.1, 0.15) is 0 Å². The van der Waals surface area contributed by atoms with E-state index in [1.54, 1.807) is 39.5 Å². The van der Waals surface area contributed by atoms with Gasteiger partial charge in [-0.2, -0.15) is 0 Å². The fourth-order valence-electron chi connectivity index (χ4n) is 4.24. The van der Waals surface area contributed by atoms with Gasteiger partial charge in [-0.15, -0.1) is 0 Å². The number of carbonyl (C=O) groups excluding carboxylic acids is 1. The first-order valence-corrected chi connectivity index (χ1v) is 11.1. The number of para-hydroxylation sites is 1. The highest BCUT2D eigenvalue weighted by molar-refractivity contribution is 6.02. The second-order valence-corrected chi connectivity index (χ2v) is 8.15. The van der Waals surface area contributed by atoms with Gasteiger partial charge in [0, 0.05) is 24.4 Å². The van der Waals surface area contributed by atoms with E-state index in [4.69, 9.17) is 14.2 Å². The van der Waals surface area contributed by atoms with E-state index in [1.165, 1.54) is 38.2 Å². The highest BCUT2D eigenvalue weighted by Crippen LogP contribution is 2.38. The molecule has 1 fully saturated rings. The maximum Gasteiger partial charge on any atom is 0.248 e. The normalized spacial score (nSPS) is 14.5. The van der Waals surface area contributed by atoms with Crippen molar-refractivity contribution in [3.05, 3.63) is 53.6 Å². The van der Waals surface area contributed by atoms with E-state index < -0.39 is 0 Å². The second-order valence-electron chi connectivity index (χ2n) is 8.15. The molecule has 6 heteroatoms. The maximum atomic E-state index is 12.7. The Morgan fingerprint density at radius 1 is 1.03 bits per heavy atom. The van der Waals surface area contributed by atoms with E-state index in [-0.39, 0.29) is 5.91 Å². The largest absolute Gasteiger partial charge is 0.493 e. The Labute approximate surface area is 191 Å². The lowest BCUT2D eigenvalue weighted by Crippen LogP contribution is -2.33. The molecule has 0 spiro atoms. The Balaban J connectivity index is 1.69. The van der Waals surface area contributed by atoms with Gasteiger partial charge in [0.2, 0.25) is 11.7 Å². The van der Waals surface area contributed by atoms with Crippen LogP contribution < -0.4 is 19.5 Å². The summed E-state index contributed by atoms with van der Waals surface area (Å²) in [6.07, 6.45) is 9.71. The van der Waals surface area contributed by atoms with Crippen molar-refractivity contribution in [2.75, 3.05) is 33.7 Å². The van der Waals surface area contributed by atoms with Gasteiger partial charge in [-0.1, -0.05) is 37.5 Å². The van der Waals surface area contributed by atoms with Crippen LogP contribution in [0.1, 0.15) is 43.2 Å². The van der Waals surface area contributed by atoms with Crippen molar-refractivity contribution in [2.45, 2.75) is 44.7 Å². The number of hydrogen-bond donors (Lipinski definition) is 1. The average Bonchev–Trinajstić information content (AvgIpc) is 2.83. The molecule has 1 saturated carbocycles. The Hall–Kier alpha value is -2.99. The molecule has 3 rings (SSSR count). The molecule has 172 valence electrons. The molecule has 1 aliphatic rings. The standard InChI is InChI=1S/C26H34N2O4/c1-28(21-11-6-5-7-12-21)18-20-10-8-9-13-22(20)27-25(29)15-14-19-16-23(30-2)26(32-4)24(17-19)31-3/h8-10,13-17,21H,5-7,11-12,18H2,1-4H3,(H,27,29)/b15-14+. The second kappa shape index (κ2) is 11.6. The van der Waals surface area contributed by atoms with Crippen molar-refractivity contribution in [2.24, 2.45) is 0 Å². The summed E-state index contributed by atoms with van der Waals surface area (Å²) in [6, 6.07) is 12.2. The first-order chi connectivity index (χ1) is 15.5. The molecule has 1 amide bonds. The number of hydrogen-bond acceptors (Lipinski definition) is 5. The van der Waals surface area contributed by atoms with Crippen molar-refractivity contribution in [1.82, 2.24) is 4.90 Å². The number of nitrogens with one attached hydrogen (secondary N) is 1. The number of anilines is 1. The molecule has 0 heterocycles. The van der Waals surface area contributed by atoms with Crippen LogP contribution in [0.5, 0.6) is 17.2 Å². The molecular weight excluding hydrogens is 404 g/mol. The summed E-state index contributed by atoms with van der Waals surface area (Å²) < 4.78 is 16.1. The van der Waals surface area contributed by atoms with Gasteiger partial charge in [0.05, 0.1) is 21.3 Å². The molecule has 1 N–H and O–H groups in total. The molecule has 0 aromatic heterocycles. The number of benzene rings is 2. The van der Waals surface area contributed by atoms with Crippen LogP contribution in [0.4, 0.5) is 5.69 Å². The van der Waals surface area contributed by atoms with Crippen LogP contribution in [-0.4, -0.2) is 45.2 Å². The van der Waals surface area contributed by atoms with Crippen LogP contribution in [0.2, 0.25) is 0 Å². The molecule has 0 saturated heterocycles. The van der Waals surface area contributed by atoms with E-state index in [0.29, 0.717) is 23.3 Å². The molecule has 32 heavy (non-hydrogen) atoms. The van der Waals surface area contributed by atoms with E-state index >= 15 is 0 Å². The van der Waals surface area contributed by atoms with Crippen molar-refractivity contribution >= 4 is 17.7 Å². The fourth-order valence-corrected chi connectivity index (χ4v) is 4.24. The highest BCUT2D eigenvalue weighted by atomic mass is 16.5. The Morgan fingerprint density at radius 2 is 1.69 bits per heavy atom. The number of rotatable bonds is 9. The zero-order chi connectivity index (χ0) is 22.9. The molecular formula is C26H34N2O4. The molecule has 0 unspecified atom stereocenters. The average molecular weight is 439 g/mol. The smallest absolute Gasteiger partial charge is 0.248 e. The minimum Gasteiger partial charge on any atom is -0.493 e. The summed E-state index contributed by atoms with van der Waals surface area (Å²) in [5.41, 5.74) is 2.74. The molecule has 0 radical (unpaired) electrons. The summed E-state index contributed by atoms with van der Waals surface area (Å²) in [5, 5.41) is 3.03. The zero-order valence-corrected chi connectivity index (χ0v) is 19.5. The Bertz CT molecular complexity index is 910.